The zero-order valence-corrected chi connectivity index (χ0v) is 18.5. The van der Waals surface area contributed by atoms with Gasteiger partial charge < -0.3 is 14.2 Å². The molecule has 0 aromatic carbocycles. The second kappa shape index (κ2) is 8.03. The van der Waals surface area contributed by atoms with Gasteiger partial charge in [0.15, 0.2) is 6.29 Å². The van der Waals surface area contributed by atoms with Crippen LogP contribution in [0.25, 0.3) is 0 Å². The normalized spacial score (nSPS) is 39.7. The molecule has 1 aromatic rings. The van der Waals surface area contributed by atoms with E-state index in [4.69, 9.17) is 14.2 Å². The van der Waals surface area contributed by atoms with Crippen molar-refractivity contribution >= 4 is 0 Å². The summed E-state index contributed by atoms with van der Waals surface area (Å²) in [6.07, 6.45) is 9.45. The Balaban J connectivity index is 1.49. The maximum absolute atomic E-state index is 6.47. The lowest BCUT2D eigenvalue weighted by Crippen LogP contribution is -2.61. The van der Waals surface area contributed by atoms with Crippen LogP contribution in [0.15, 0.2) is 36.7 Å². The van der Waals surface area contributed by atoms with E-state index in [9.17, 15) is 0 Å². The Labute approximate surface area is 176 Å². The van der Waals surface area contributed by atoms with Gasteiger partial charge in [-0.2, -0.15) is 0 Å². The van der Waals surface area contributed by atoms with Gasteiger partial charge >= 0.3 is 0 Å². The van der Waals surface area contributed by atoms with Crippen molar-refractivity contribution in [2.75, 3.05) is 13.2 Å². The first-order valence-electron chi connectivity index (χ1n) is 11.3. The lowest BCUT2D eigenvalue weighted by atomic mass is 9.46. The molecule has 2 saturated carbocycles. The molecule has 4 heteroatoms. The van der Waals surface area contributed by atoms with Crippen molar-refractivity contribution in [3.05, 3.63) is 36.7 Å². The number of aromatic nitrogens is 1. The van der Waals surface area contributed by atoms with Gasteiger partial charge in [-0.3, -0.25) is 4.98 Å². The van der Waals surface area contributed by atoms with Gasteiger partial charge in [0.25, 0.3) is 0 Å². The molecule has 29 heavy (non-hydrogen) atoms. The fourth-order valence-corrected chi connectivity index (χ4v) is 6.46. The van der Waals surface area contributed by atoms with Gasteiger partial charge in [0.2, 0.25) is 0 Å². The van der Waals surface area contributed by atoms with Gasteiger partial charge in [0, 0.05) is 23.7 Å². The molecule has 1 saturated heterocycles. The van der Waals surface area contributed by atoms with Gasteiger partial charge in [0.05, 0.1) is 19.3 Å². The third-order valence-electron chi connectivity index (χ3n) is 8.04. The Morgan fingerprint density at radius 1 is 1.21 bits per heavy atom. The first kappa shape index (κ1) is 20.9. The molecular formula is C25H37NO3. The molecule has 1 unspecified atom stereocenters. The maximum atomic E-state index is 6.47. The van der Waals surface area contributed by atoms with Crippen molar-refractivity contribution in [2.24, 2.45) is 28.6 Å². The van der Waals surface area contributed by atoms with Crippen LogP contribution >= 0.6 is 0 Å². The third kappa shape index (κ3) is 3.74. The smallest absolute Gasteiger partial charge is 0.160 e. The van der Waals surface area contributed by atoms with Crippen LogP contribution in [0.3, 0.4) is 0 Å². The van der Waals surface area contributed by atoms with Crippen LogP contribution in [0.4, 0.5) is 0 Å². The zero-order chi connectivity index (χ0) is 20.6. The molecule has 4 nitrogen and oxygen atoms in total. The van der Waals surface area contributed by atoms with Crippen LogP contribution in [0.1, 0.15) is 59.8 Å². The van der Waals surface area contributed by atoms with Crippen molar-refractivity contribution in [1.82, 2.24) is 4.98 Å². The summed E-state index contributed by atoms with van der Waals surface area (Å²) in [7, 11) is 0. The highest BCUT2D eigenvalue weighted by molar-refractivity contribution is 5.19. The molecule has 3 aliphatic rings. The summed E-state index contributed by atoms with van der Waals surface area (Å²) in [5, 5.41) is 0. The number of ether oxygens (including phenoxy) is 3. The molecule has 1 aliphatic heterocycles. The van der Waals surface area contributed by atoms with Crippen molar-refractivity contribution in [2.45, 2.75) is 72.2 Å². The molecule has 6 atom stereocenters. The molecular weight excluding hydrogens is 362 g/mol. The summed E-state index contributed by atoms with van der Waals surface area (Å²) in [4.78, 5) is 4.06. The van der Waals surface area contributed by atoms with Crippen molar-refractivity contribution < 1.29 is 14.2 Å². The van der Waals surface area contributed by atoms with Crippen LogP contribution in [-0.4, -0.2) is 30.6 Å². The van der Waals surface area contributed by atoms with Crippen molar-refractivity contribution in [1.29, 1.82) is 0 Å². The van der Waals surface area contributed by atoms with Crippen LogP contribution in [0.5, 0.6) is 5.75 Å². The van der Waals surface area contributed by atoms with E-state index in [1.165, 1.54) is 18.4 Å². The highest BCUT2D eigenvalue weighted by atomic mass is 16.7. The lowest BCUT2D eigenvalue weighted by Gasteiger charge is -2.62. The van der Waals surface area contributed by atoms with Crippen LogP contribution in [0.2, 0.25) is 0 Å². The molecule has 3 fully saturated rings. The monoisotopic (exact) mass is 399 g/mol. The summed E-state index contributed by atoms with van der Waals surface area (Å²) in [5.41, 5.74) is 1.73. The number of pyridine rings is 1. The average molecular weight is 400 g/mol. The number of hydrogen-bond donors (Lipinski definition) is 0. The maximum Gasteiger partial charge on any atom is 0.160 e. The third-order valence-corrected chi connectivity index (χ3v) is 8.04. The van der Waals surface area contributed by atoms with E-state index >= 15 is 0 Å². The molecule has 0 radical (unpaired) electrons. The summed E-state index contributed by atoms with van der Waals surface area (Å²) < 4.78 is 18.7. The standard InChI is InChI=1S/C25H37NO3/c1-17(2)23-28-16-25(5)21-7-6-18(3)20(24(21,4)12-8-22(25)29-23)11-15-27-19-9-13-26-14-10-19/h9-10,13-14,17,20-23H,3,6-8,11-12,15-16H2,1-2,4-5H3/t20-,21?,22-,23-,24+,25+/m1/s1. The number of nitrogens with zero attached hydrogens (tertiary/aromatic N) is 1. The van der Waals surface area contributed by atoms with E-state index in [1.807, 2.05) is 12.1 Å². The van der Waals surface area contributed by atoms with Gasteiger partial charge in [-0.25, -0.2) is 0 Å². The number of hydrogen-bond acceptors (Lipinski definition) is 4. The van der Waals surface area contributed by atoms with Gasteiger partial charge in [0.1, 0.15) is 5.75 Å². The quantitative estimate of drug-likeness (QED) is 0.601. The molecule has 1 aromatic heterocycles. The van der Waals surface area contributed by atoms with E-state index in [-0.39, 0.29) is 17.1 Å². The molecule has 0 spiro atoms. The minimum atomic E-state index is -0.0550. The second-order valence-corrected chi connectivity index (χ2v) is 10.2. The predicted molar refractivity (Wildman–Crippen MR) is 115 cm³/mol. The number of fused-ring (bicyclic) bond motifs is 3. The lowest BCUT2D eigenvalue weighted by molar-refractivity contribution is -0.313. The minimum Gasteiger partial charge on any atom is -0.493 e. The molecule has 0 bridgehead atoms. The zero-order valence-electron chi connectivity index (χ0n) is 18.5. The van der Waals surface area contributed by atoms with Crippen LogP contribution in [0, 0.1) is 28.6 Å². The van der Waals surface area contributed by atoms with E-state index in [0.29, 0.717) is 23.9 Å². The molecule has 0 amide bonds. The summed E-state index contributed by atoms with van der Waals surface area (Å²) >= 11 is 0. The van der Waals surface area contributed by atoms with Crippen molar-refractivity contribution in [3.63, 3.8) is 0 Å². The summed E-state index contributed by atoms with van der Waals surface area (Å²) in [6.45, 7) is 15.3. The fourth-order valence-electron chi connectivity index (χ4n) is 6.46. The summed E-state index contributed by atoms with van der Waals surface area (Å²) in [5.74, 6) is 2.38. The van der Waals surface area contributed by atoms with E-state index < -0.39 is 0 Å². The average Bonchev–Trinajstić information content (AvgIpc) is 2.70. The van der Waals surface area contributed by atoms with E-state index in [1.54, 1.807) is 12.4 Å². The van der Waals surface area contributed by atoms with Crippen molar-refractivity contribution in [3.8, 4) is 5.75 Å². The Morgan fingerprint density at radius 2 is 1.97 bits per heavy atom. The van der Waals surface area contributed by atoms with E-state index in [0.717, 1.165) is 38.2 Å². The van der Waals surface area contributed by atoms with E-state index in [2.05, 4.69) is 39.3 Å². The Bertz CT molecular complexity index is 720. The van der Waals surface area contributed by atoms with Gasteiger partial charge in [-0.05, 0) is 61.5 Å². The van der Waals surface area contributed by atoms with Crippen LogP contribution in [-0.2, 0) is 9.47 Å². The molecule has 2 aliphatic carbocycles. The molecule has 2 heterocycles. The Kier molecular flexibility index (Phi) is 5.78. The van der Waals surface area contributed by atoms with Crippen LogP contribution < -0.4 is 4.74 Å². The summed E-state index contributed by atoms with van der Waals surface area (Å²) in [6, 6.07) is 3.85. The Morgan fingerprint density at radius 3 is 2.69 bits per heavy atom. The fraction of sp³-hybridized carbons (Fsp3) is 0.720. The minimum absolute atomic E-state index is 0.0550. The second-order valence-electron chi connectivity index (χ2n) is 10.2. The molecule has 4 rings (SSSR count). The van der Waals surface area contributed by atoms with Gasteiger partial charge in [-0.15, -0.1) is 0 Å². The largest absolute Gasteiger partial charge is 0.493 e. The molecule has 0 N–H and O–H groups in total. The highest BCUT2D eigenvalue weighted by Crippen LogP contribution is 2.63. The van der Waals surface area contributed by atoms with Gasteiger partial charge in [-0.1, -0.05) is 39.8 Å². The topological polar surface area (TPSA) is 40.6 Å². The SMILES string of the molecule is C=C1CCC2[C@]3(C)CO[C@@H](C(C)C)O[C@@H]3CC[C@@]2(C)[C@@H]1CCOc1ccncc1. The first-order valence-corrected chi connectivity index (χ1v) is 11.3. The highest BCUT2D eigenvalue weighted by Gasteiger charge is 2.60. The number of rotatable bonds is 5. The predicted octanol–water partition coefficient (Wildman–Crippen LogP) is 5.64. The Hall–Kier alpha value is -1.39. The molecule has 160 valence electrons. The first-order chi connectivity index (χ1) is 13.8. The number of allylic oxidation sites excluding steroid dienone is 1.